The highest BCUT2D eigenvalue weighted by atomic mass is 35.5. The largest absolute Gasteiger partial charge is 0.484 e. The number of carbonyl (C=O) groups excluding carboxylic acids is 2. The van der Waals surface area contributed by atoms with Gasteiger partial charge in [0.2, 0.25) is 5.91 Å². The first kappa shape index (κ1) is 21.3. The smallest absolute Gasteiger partial charge is 0.259 e. The number of piperidine rings is 1. The second-order valence-electron chi connectivity index (χ2n) is 6.38. The standard InChI is InChI=1S/C18H27N3O3.ClH/c1-21(2)18(23)13-24-16-6-4-15(5-7-16)20-17(22)8-3-14-9-11-19-12-10-14;/h4-7,14,19H,3,8-13H2,1-2H3,(H,20,22);1H. The van der Waals surface area contributed by atoms with Crippen LogP contribution in [-0.4, -0.2) is 50.5 Å². The maximum atomic E-state index is 12.0. The molecular weight excluding hydrogens is 342 g/mol. The molecule has 140 valence electrons. The summed E-state index contributed by atoms with van der Waals surface area (Å²) in [6, 6.07) is 7.09. The van der Waals surface area contributed by atoms with Gasteiger partial charge in [0.05, 0.1) is 0 Å². The fourth-order valence-electron chi connectivity index (χ4n) is 2.64. The molecule has 0 saturated carbocycles. The van der Waals surface area contributed by atoms with Gasteiger partial charge in [0, 0.05) is 26.2 Å². The fourth-order valence-corrected chi connectivity index (χ4v) is 2.64. The van der Waals surface area contributed by atoms with Gasteiger partial charge in [-0.3, -0.25) is 9.59 Å². The molecule has 0 atom stereocenters. The van der Waals surface area contributed by atoms with E-state index in [2.05, 4.69) is 10.6 Å². The number of hydrogen-bond donors (Lipinski definition) is 2. The van der Waals surface area contributed by atoms with Crippen LogP contribution in [0.4, 0.5) is 5.69 Å². The number of rotatable bonds is 7. The molecule has 0 bridgehead atoms. The van der Waals surface area contributed by atoms with E-state index in [1.54, 1.807) is 38.4 Å². The summed E-state index contributed by atoms with van der Waals surface area (Å²) < 4.78 is 5.41. The first-order valence-electron chi connectivity index (χ1n) is 8.48. The van der Waals surface area contributed by atoms with Crippen LogP contribution in [0.3, 0.4) is 0 Å². The van der Waals surface area contributed by atoms with Crippen LogP contribution in [0.25, 0.3) is 0 Å². The van der Waals surface area contributed by atoms with E-state index in [-0.39, 0.29) is 30.8 Å². The molecule has 0 radical (unpaired) electrons. The van der Waals surface area contributed by atoms with E-state index in [1.165, 1.54) is 4.90 Å². The summed E-state index contributed by atoms with van der Waals surface area (Å²) >= 11 is 0. The Kier molecular flexibility index (Phi) is 9.31. The van der Waals surface area contributed by atoms with Crippen molar-refractivity contribution in [2.75, 3.05) is 39.1 Å². The van der Waals surface area contributed by atoms with Crippen LogP contribution in [0.5, 0.6) is 5.75 Å². The molecule has 6 nitrogen and oxygen atoms in total. The monoisotopic (exact) mass is 369 g/mol. The van der Waals surface area contributed by atoms with E-state index in [1.807, 2.05) is 0 Å². The Morgan fingerprint density at radius 1 is 1.20 bits per heavy atom. The fraction of sp³-hybridized carbons (Fsp3) is 0.556. The minimum atomic E-state index is -0.0923. The van der Waals surface area contributed by atoms with E-state index in [0.29, 0.717) is 18.1 Å². The lowest BCUT2D eigenvalue weighted by atomic mass is 9.93. The number of hydrogen-bond acceptors (Lipinski definition) is 4. The zero-order valence-electron chi connectivity index (χ0n) is 14.9. The number of amides is 2. The van der Waals surface area contributed by atoms with Crippen molar-refractivity contribution in [1.29, 1.82) is 0 Å². The maximum absolute atomic E-state index is 12.0. The third kappa shape index (κ3) is 7.75. The first-order valence-corrected chi connectivity index (χ1v) is 8.48. The molecule has 1 aliphatic rings. The topological polar surface area (TPSA) is 70.7 Å². The zero-order chi connectivity index (χ0) is 17.4. The van der Waals surface area contributed by atoms with Crippen LogP contribution in [0, 0.1) is 5.92 Å². The van der Waals surface area contributed by atoms with Crippen LogP contribution in [0.15, 0.2) is 24.3 Å². The van der Waals surface area contributed by atoms with Gasteiger partial charge in [-0.15, -0.1) is 12.4 Å². The van der Waals surface area contributed by atoms with Crippen molar-refractivity contribution in [3.05, 3.63) is 24.3 Å². The van der Waals surface area contributed by atoms with Crippen LogP contribution in [0.2, 0.25) is 0 Å². The number of halogens is 1. The molecule has 1 heterocycles. The van der Waals surface area contributed by atoms with Gasteiger partial charge in [-0.25, -0.2) is 0 Å². The van der Waals surface area contributed by atoms with Gasteiger partial charge in [0.15, 0.2) is 6.61 Å². The molecule has 0 spiro atoms. The summed E-state index contributed by atoms with van der Waals surface area (Å²) in [4.78, 5) is 25.0. The van der Waals surface area contributed by atoms with Crippen LogP contribution in [-0.2, 0) is 9.59 Å². The lowest BCUT2D eigenvalue weighted by Gasteiger charge is -2.22. The van der Waals surface area contributed by atoms with Crippen molar-refractivity contribution in [3.63, 3.8) is 0 Å². The first-order chi connectivity index (χ1) is 11.5. The van der Waals surface area contributed by atoms with Crippen LogP contribution < -0.4 is 15.4 Å². The van der Waals surface area contributed by atoms with Crippen LogP contribution in [0.1, 0.15) is 25.7 Å². The van der Waals surface area contributed by atoms with Crippen molar-refractivity contribution < 1.29 is 14.3 Å². The molecule has 1 aromatic carbocycles. The Hall–Kier alpha value is -1.79. The van der Waals surface area contributed by atoms with Crippen molar-refractivity contribution in [3.8, 4) is 5.75 Å². The number of anilines is 1. The molecule has 2 N–H and O–H groups in total. The van der Waals surface area contributed by atoms with Gasteiger partial charge in [0.1, 0.15) is 5.75 Å². The maximum Gasteiger partial charge on any atom is 0.259 e. The summed E-state index contributed by atoms with van der Waals surface area (Å²) in [5, 5.41) is 6.24. The Balaban J connectivity index is 0.00000312. The quantitative estimate of drug-likeness (QED) is 0.773. The van der Waals surface area contributed by atoms with Crippen molar-refractivity contribution in [1.82, 2.24) is 10.2 Å². The SMILES string of the molecule is CN(C)C(=O)COc1ccc(NC(=O)CCC2CCNCC2)cc1.Cl. The van der Waals surface area contributed by atoms with Gasteiger partial charge < -0.3 is 20.3 Å². The minimum absolute atomic E-state index is 0. The van der Waals surface area contributed by atoms with Crippen molar-refractivity contribution in [2.24, 2.45) is 5.92 Å². The Morgan fingerprint density at radius 3 is 2.44 bits per heavy atom. The molecule has 7 heteroatoms. The second kappa shape index (κ2) is 10.9. The summed E-state index contributed by atoms with van der Waals surface area (Å²) in [5.74, 6) is 1.22. The van der Waals surface area contributed by atoms with E-state index in [9.17, 15) is 9.59 Å². The minimum Gasteiger partial charge on any atom is -0.484 e. The molecule has 25 heavy (non-hydrogen) atoms. The Labute approximate surface area is 155 Å². The van der Waals surface area contributed by atoms with Crippen molar-refractivity contribution >= 4 is 29.9 Å². The predicted octanol–water partition coefficient (Wildman–Crippen LogP) is 2.29. The average molecular weight is 370 g/mol. The van der Waals surface area contributed by atoms with E-state index >= 15 is 0 Å². The zero-order valence-corrected chi connectivity index (χ0v) is 15.7. The van der Waals surface area contributed by atoms with Crippen LogP contribution >= 0.6 is 12.4 Å². The molecule has 2 amide bonds. The van der Waals surface area contributed by atoms with Gasteiger partial charge in [0.25, 0.3) is 5.91 Å². The lowest BCUT2D eigenvalue weighted by Crippen LogP contribution is -2.28. The Morgan fingerprint density at radius 2 is 1.84 bits per heavy atom. The van der Waals surface area contributed by atoms with E-state index < -0.39 is 0 Å². The summed E-state index contributed by atoms with van der Waals surface area (Å²) in [6.07, 6.45) is 3.82. The van der Waals surface area contributed by atoms with E-state index in [4.69, 9.17) is 4.74 Å². The normalized spacial score (nSPS) is 14.3. The number of ether oxygens (including phenoxy) is 1. The number of nitrogens with zero attached hydrogens (tertiary/aromatic N) is 1. The molecule has 0 aromatic heterocycles. The molecule has 1 aliphatic heterocycles. The van der Waals surface area contributed by atoms with Gasteiger partial charge in [-0.1, -0.05) is 0 Å². The van der Waals surface area contributed by atoms with E-state index in [0.717, 1.165) is 38.0 Å². The number of nitrogens with one attached hydrogen (secondary N) is 2. The predicted molar refractivity (Wildman–Crippen MR) is 101 cm³/mol. The highest BCUT2D eigenvalue weighted by Crippen LogP contribution is 2.19. The highest BCUT2D eigenvalue weighted by Gasteiger charge is 2.14. The molecular formula is C18H28ClN3O3. The van der Waals surface area contributed by atoms with Gasteiger partial charge >= 0.3 is 0 Å². The average Bonchev–Trinajstić information content (AvgIpc) is 2.60. The highest BCUT2D eigenvalue weighted by molar-refractivity contribution is 5.90. The molecule has 1 saturated heterocycles. The molecule has 1 fully saturated rings. The summed E-state index contributed by atoms with van der Waals surface area (Å²) in [5.41, 5.74) is 0.747. The molecule has 0 aliphatic carbocycles. The third-order valence-electron chi connectivity index (χ3n) is 4.24. The van der Waals surface area contributed by atoms with Crippen molar-refractivity contribution in [2.45, 2.75) is 25.7 Å². The summed E-state index contributed by atoms with van der Waals surface area (Å²) in [6.45, 7) is 2.13. The summed E-state index contributed by atoms with van der Waals surface area (Å²) in [7, 11) is 3.38. The van der Waals surface area contributed by atoms with Gasteiger partial charge in [-0.2, -0.15) is 0 Å². The number of likely N-dealkylation sites (N-methyl/N-ethyl adjacent to an activating group) is 1. The molecule has 0 unspecified atom stereocenters. The third-order valence-corrected chi connectivity index (χ3v) is 4.24. The molecule has 2 rings (SSSR count). The number of benzene rings is 1. The van der Waals surface area contributed by atoms with Gasteiger partial charge in [-0.05, 0) is 62.5 Å². The lowest BCUT2D eigenvalue weighted by molar-refractivity contribution is -0.130. The molecule has 1 aromatic rings. The number of carbonyl (C=O) groups is 2. The second-order valence-corrected chi connectivity index (χ2v) is 6.38. The Bertz CT molecular complexity index is 543.